The zero-order valence-corrected chi connectivity index (χ0v) is 9.81. The van der Waals surface area contributed by atoms with E-state index in [0.717, 1.165) is 0 Å². The molecule has 1 atom stereocenters. The number of rotatable bonds is 8. The normalized spacial score (nSPS) is 12.0. The first-order valence-electron chi connectivity index (χ1n) is 4.60. The van der Waals surface area contributed by atoms with Crippen molar-refractivity contribution >= 4 is 40.5 Å². The van der Waals surface area contributed by atoms with Crippen LogP contribution in [0.4, 0.5) is 0 Å². The number of carboxylic acid groups (broad SMARTS) is 1. The Hall–Kier alpha value is -0.750. The Balaban J connectivity index is 3.81. The first-order chi connectivity index (χ1) is 6.93. The lowest BCUT2D eigenvalue weighted by molar-refractivity contribution is -0.137. The molecule has 0 aliphatic rings. The van der Waals surface area contributed by atoms with Crippen molar-refractivity contribution in [1.82, 2.24) is 0 Å². The summed E-state index contributed by atoms with van der Waals surface area (Å²) >= 11 is 9.11. The Kier molecular flexibility index (Phi) is 7.15. The van der Waals surface area contributed by atoms with Gasteiger partial charge in [0.15, 0.2) is 10.1 Å². The highest BCUT2D eigenvalue weighted by Crippen LogP contribution is 2.15. The van der Waals surface area contributed by atoms with Gasteiger partial charge in [-0.25, -0.2) is 0 Å². The van der Waals surface area contributed by atoms with Gasteiger partial charge in [0.25, 0.3) is 0 Å². The van der Waals surface area contributed by atoms with E-state index in [9.17, 15) is 4.79 Å². The highest BCUT2D eigenvalue weighted by atomic mass is 32.1. The summed E-state index contributed by atoms with van der Waals surface area (Å²) in [4.78, 5) is 10.2. The minimum Gasteiger partial charge on any atom is -0.502 e. The minimum absolute atomic E-state index is 0.106. The van der Waals surface area contributed by atoms with Crippen LogP contribution >= 0.6 is 24.4 Å². The maximum atomic E-state index is 10.2. The summed E-state index contributed by atoms with van der Waals surface area (Å²) in [6.07, 6.45) is 1.99. The molecule has 86 valence electrons. The van der Waals surface area contributed by atoms with Gasteiger partial charge in [-0.15, -0.1) is 0 Å². The van der Waals surface area contributed by atoms with E-state index < -0.39 is 5.97 Å². The quantitative estimate of drug-likeness (QED) is 0.453. The van der Waals surface area contributed by atoms with Gasteiger partial charge in [-0.1, -0.05) is 6.42 Å². The third-order valence-corrected chi connectivity index (χ3v) is 2.46. The number of carbonyl (C=O) groups is 1. The predicted octanol–water partition coefficient (Wildman–Crippen LogP) is 2.41. The minimum atomic E-state index is -0.837. The van der Waals surface area contributed by atoms with Crippen molar-refractivity contribution in [2.75, 3.05) is 0 Å². The van der Waals surface area contributed by atoms with Gasteiger partial charge in [0.05, 0.1) is 0 Å². The maximum absolute atomic E-state index is 10.2. The number of aliphatic hydroxyl groups is 2. The molecule has 6 heteroatoms. The number of hydrogen-bond donors (Lipinski definition) is 3. The van der Waals surface area contributed by atoms with Gasteiger partial charge in [0.2, 0.25) is 0 Å². The van der Waals surface area contributed by atoms with Gasteiger partial charge in [-0.2, -0.15) is 0 Å². The molecule has 0 bridgehead atoms. The first kappa shape index (κ1) is 14.2. The molecule has 0 aromatic carbocycles. The van der Waals surface area contributed by atoms with Gasteiger partial charge in [-0.3, -0.25) is 4.79 Å². The van der Waals surface area contributed by atoms with Crippen LogP contribution in [0.2, 0.25) is 0 Å². The molecule has 0 radical (unpaired) electrons. The van der Waals surface area contributed by atoms with Crippen molar-refractivity contribution in [3.63, 3.8) is 0 Å². The monoisotopic (exact) mass is 250 g/mol. The molecule has 0 fully saturated rings. The van der Waals surface area contributed by atoms with Gasteiger partial charge in [-0.05, 0) is 37.3 Å². The predicted molar refractivity (Wildman–Crippen MR) is 64.7 cm³/mol. The Morgan fingerprint density at radius 1 is 1.13 bits per heavy atom. The summed E-state index contributed by atoms with van der Waals surface area (Å²) in [7, 11) is 0. The Morgan fingerprint density at radius 3 is 2.13 bits per heavy atom. The molecule has 0 saturated heterocycles. The van der Waals surface area contributed by atoms with E-state index in [-0.39, 0.29) is 28.9 Å². The van der Waals surface area contributed by atoms with E-state index >= 15 is 0 Å². The average Bonchev–Trinajstić information content (AvgIpc) is 2.08. The number of carboxylic acids is 1. The van der Waals surface area contributed by atoms with Crippen LogP contribution in [0.25, 0.3) is 0 Å². The van der Waals surface area contributed by atoms with Crippen molar-refractivity contribution in [3.8, 4) is 0 Å². The maximum Gasteiger partial charge on any atom is 0.303 e. The SMILES string of the molecule is O=C(O)CCCCC(CC(O)=S)C(O)=S. The first-order valence-corrected chi connectivity index (χ1v) is 5.41. The molecule has 0 aliphatic heterocycles. The number of aliphatic hydroxyl groups excluding tert-OH is 2. The summed E-state index contributed by atoms with van der Waals surface area (Å²) < 4.78 is 0. The fourth-order valence-corrected chi connectivity index (χ4v) is 1.59. The number of thiocarbonyl (C=S) groups is 2. The summed E-state index contributed by atoms with van der Waals surface area (Å²) in [6, 6.07) is 0. The highest BCUT2D eigenvalue weighted by molar-refractivity contribution is 7.80. The molecule has 0 heterocycles. The third kappa shape index (κ3) is 8.26. The molecule has 0 saturated carbocycles. The van der Waals surface area contributed by atoms with E-state index in [1.807, 2.05) is 0 Å². The van der Waals surface area contributed by atoms with Crippen LogP contribution in [0.3, 0.4) is 0 Å². The second-order valence-corrected chi connectivity index (χ2v) is 4.16. The number of aliphatic carboxylic acids is 1. The van der Waals surface area contributed by atoms with Gasteiger partial charge < -0.3 is 15.3 Å². The van der Waals surface area contributed by atoms with Crippen LogP contribution in [0, 0.1) is 5.92 Å². The molecule has 0 amide bonds. The van der Waals surface area contributed by atoms with Crippen molar-refractivity contribution < 1.29 is 20.1 Å². The number of hydrogen-bond acceptors (Lipinski definition) is 3. The Morgan fingerprint density at radius 2 is 1.73 bits per heavy atom. The van der Waals surface area contributed by atoms with Crippen molar-refractivity contribution in [1.29, 1.82) is 0 Å². The molecule has 1 unspecified atom stereocenters. The zero-order chi connectivity index (χ0) is 11.8. The van der Waals surface area contributed by atoms with E-state index in [4.69, 9.17) is 15.3 Å². The van der Waals surface area contributed by atoms with E-state index in [1.54, 1.807) is 0 Å². The van der Waals surface area contributed by atoms with Gasteiger partial charge in [0.1, 0.15) is 0 Å². The summed E-state index contributed by atoms with van der Waals surface area (Å²) in [5.74, 6) is -1.18. The fraction of sp³-hybridized carbons (Fsp3) is 0.667. The molecule has 0 aliphatic carbocycles. The van der Waals surface area contributed by atoms with Crippen LogP contribution in [0.15, 0.2) is 0 Å². The Labute approximate surface area is 98.9 Å². The molecule has 0 aromatic rings. The van der Waals surface area contributed by atoms with E-state index in [2.05, 4.69) is 24.4 Å². The van der Waals surface area contributed by atoms with Crippen LogP contribution in [0.1, 0.15) is 32.1 Å². The topological polar surface area (TPSA) is 77.8 Å². The second kappa shape index (κ2) is 7.53. The fourth-order valence-electron chi connectivity index (χ4n) is 1.19. The summed E-state index contributed by atoms with van der Waals surface area (Å²) in [5.41, 5.74) is 0. The Bertz CT molecular complexity index is 252. The lowest BCUT2D eigenvalue weighted by Gasteiger charge is -2.12. The van der Waals surface area contributed by atoms with Crippen molar-refractivity contribution in [3.05, 3.63) is 0 Å². The summed E-state index contributed by atoms with van der Waals surface area (Å²) in [5, 5.41) is 26.0. The highest BCUT2D eigenvalue weighted by Gasteiger charge is 2.15. The second-order valence-electron chi connectivity index (χ2n) is 3.27. The molecule has 0 spiro atoms. The lowest BCUT2D eigenvalue weighted by Crippen LogP contribution is -2.15. The van der Waals surface area contributed by atoms with Gasteiger partial charge >= 0.3 is 5.97 Å². The standard InChI is InChI=1S/C9H14O4S2/c10-7(11)4-2-1-3-6(9(13)15)5-8(12)14/h6H,1-5H2,(H,10,11)(H,12,14)(H,13,15). The molecule has 3 N–H and O–H groups in total. The van der Waals surface area contributed by atoms with Crippen LogP contribution in [-0.2, 0) is 4.79 Å². The summed E-state index contributed by atoms with van der Waals surface area (Å²) in [6.45, 7) is 0. The number of unbranched alkanes of at least 4 members (excludes halogenated alkanes) is 1. The van der Waals surface area contributed by atoms with Crippen LogP contribution in [0.5, 0.6) is 0 Å². The van der Waals surface area contributed by atoms with Crippen LogP contribution in [-0.4, -0.2) is 31.4 Å². The van der Waals surface area contributed by atoms with E-state index in [1.165, 1.54) is 0 Å². The molecule has 15 heavy (non-hydrogen) atoms. The van der Waals surface area contributed by atoms with Crippen LogP contribution < -0.4 is 0 Å². The molecule has 4 nitrogen and oxygen atoms in total. The van der Waals surface area contributed by atoms with E-state index in [0.29, 0.717) is 19.3 Å². The van der Waals surface area contributed by atoms with Gasteiger partial charge in [0, 0.05) is 18.8 Å². The molecule has 0 aromatic heterocycles. The molecular formula is C9H14O4S2. The zero-order valence-electron chi connectivity index (χ0n) is 8.18. The largest absolute Gasteiger partial charge is 0.502 e. The third-order valence-electron chi connectivity index (χ3n) is 1.96. The molecular weight excluding hydrogens is 236 g/mol. The lowest BCUT2D eigenvalue weighted by atomic mass is 9.99. The molecule has 0 rings (SSSR count). The van der Waals surface area contributed by atoms with Crippen molar-refractivity contribution in [2.45, 2.75) is 32.1 Å². The average molecular weight is 250 g/mol. The smallest absolute Gasteiger partial charge is 0.303 e. The van der Waals surface area contributed by atoms with Crippen molar-refractivity contribution in [2.24, 2.45) is 5.92 Å².